The topological polar surface area (TPSA) is 120 Å². The molecule has 162 valence electrons. The number of tetrazole rings is 1. The van der Waals surface area contributed by atoms with Gasteiger partial charge >= 0.3 is 6.61 Å². The Bertz CT molecular complexity index is 1120. The number of halogens is 3. The molecular weight excluding hydrogens is 438 g/mol. The van der Waals surface area contributed by atoms with E-state index in [1.54, 1.807) is 12.1 Å². The van der Waals surface area contributed by atoms with Crippen LogP contribution in [-0.4, -0.2) is 45.7 Å². The van der Waals surface area contributed by atoms with E-state index < -0.39 is 24.2 Å². The first-order valence-electron chi connectivity index (χ1n) is 8.56. The Labute approximate surface area is 179 Å². The number of nitrogens with zero attached hydrogens (tertiary/aromatic N) is 4. The number of hydrogen-bond donors (Lipinski definition) is 2. The fourth-order valence-corrected chi connectivity index (χ4v) is 2.79. The predicted molar refractivity (Wildman–Crippen MR) is 106 cm³/mol. The standard InChI is InChI=1S/C18H15ClF2N6O4/c1-27-18(24-25-26-27)23-16(29)11-6-7-12(31-17(20)21)14(13(11)19)22-15(28)9-4-3-5-10(8-9)30-2/h3-8,17H,1-2H3,(H,22,28)(H,23,24,26,29). The lowest BCUT2D eigenvalue weighted by atomic mass is 10.1. The summed E-state index contributed by atoms with van der Waals surface area (Å²) in [4.78, 5) is 25.2. The van der Waals surface area contributed by atoms with Gasteiger partial charge in [-0.25, -0.2) is 4.68 Å². The van der Waals surface area contributed by atoms with Gasteiger partial charge in [0.05, 0.1) is 17.7 Å². The third kappa shape index (κ3) is 5.04. The van der Waals surface area contributed by atoms with Gasteiger partial charge in [-0.1, -0.05) is 22.8 Å². The van der Waals surface area contributed by atoms with Crippen LogP contribution in [0.4, 0.5) is 20.4 Å². The van der Waals surface area contributed by atoms with Crippen LogP contribution in [0.25, 0.3) is 0 Å². The number of anilines is 2. The molecule has 2 N–H and O–H groups in total. The molecule has 0 bridgehead atoms. The summed E-state index contributed by atoms with van der Waals surface area (Å²) in [6.07, 6.45) is 0. The van der Waals surface area contributed by atoms with Crippen LogP contribution in [0.3, 0.4) is 0 Å². The molecule has 0 saturated heterocycles. The summed E-state index contributed by atoms with van der Waals surface area (Å²) < 4.78 is 36.4. The highest BCUT2D eigenvalue weighted by Gasteiger charge is 2.23. The second kappa shape index (κ2) is 9.34. The Morgan fingerprint density at radius 3 is 2.58 bits per heavy atom. The van der Waals surface area contributed by atoms with Crippen molar-refractivity contribution >= 4 is 35.1 Å². The van der Waals surface area contributed by atoms with Gasteiger partial charge in [-0.3, -0.25) is 14.9 Å². The molecule has 10 nitrogen and oxygen atoms in total. The van der Waals surface area contributed by atoms with Crippen molar-refractivity contribution in [2.24, 2.45) is 7.05 Å². The maximum absolute atomic E-state index is 12.8. The lowest BCUT2D eigenvalue weighted by Gasteiger charge is -2.16. The molecule has 0 atom stereocenters. The minimum Gasteiger partial charge on any atom is -0.497 e. The second-order valence-corrected chi connectivity index (χ2v) is 6.32. The highest BCUT2D eigenvalue weighted by Crippen LogP contribution is 2.37. The van der Waals surface area contributed by atoms with Crippen molar-refractivity contribution in [3.63, 3.8) is 0 Å². The molecule has 1 aromatic heterocycles. The van der Waals surface area contributed by atoms with E-state index in [4.69, 9.17) is 16.3 Å². The smallest absolute Gasteiger partial charge is 0.387 e. The first kappa shape index (κ1) is 21.9. The molecule has 2 aromatic carbocycles. The molecule has 1 heterocycles. The molecule has 13 heteroatoms. The molecule has 0 aliphatic rings. The summed E-state index contributed by atoms with van der Waals surface area (Å²) >= 11 is 6.28. The Morgan fingerprint density at radius 2 is 1.94 bits per heavy atom. The Morgan fingerprint density at radius 1 is 1.16 bits per heavy atom. The summed E-state index contributed by atoms with van der Waals surface area (Å²) in [6.45, 7) is -3.19. The van der Waals surface area contributed by atoms with Gasteiger partial charge in [0.25, 0.3) is 11.8 Å². The highest BCUT2D eigenvalue weighted by atomic mass is 35.5. The number of carbonyl (C=O) groups is 2. The normalized spacial score (nSPS) is 10.6. The number of aryl methyl sites for hydroxylation is 1. The quantitative estimate of drug-likeness (QED) is 0.565. The van der Waals surface area contributed by atoms with Crippen LogP contribution in [0.15, 0.2) is 36.4 Å². The number of benzene rings is 2. The monoisotopic (exact) mass is 452 g/mol. The predicted octanol–water partition coefficient (Wildman–Crippen LogP) is 2.98. The molecule has 0 aliphatic carbocycles. The number of hydrogen-bond acceptors (Lipinski definition) is 7. The van der Waals surface area contributed by atoms with Crippen molar-refractivity contribution in [3.8, 4) is 11.5 Å². The molecule has 3 rings (SSSR count). The lowest BCUT2D eigenvalue weighted by molar-refractivity contribution is -0.0493. The first-order chi connectivity index (χ1) is 14.8. The number of carbonyl (C=O) groups excluding carboxylic acids is 2. The Kier molecular flexibility index (Phi) is 6.60. The van der Waals surface area contributed by atoms with Crippen molar-refractivity contribution < 1.29 is 27.8 Å². The molecule has 0 saturated carbocycles. The third-order valence-electron chi connectivity index (χ3n) is 3.98. The van der Waals surface area contributed by atoms with Gasteiger partial charge in [-0.05, 0) is 40.8 Å². The van der Waals surface area contributed by atoms with E-state index in [1.165, 1.54) is 37.0 Å². The molecule has 0 fully saturated rings. The first-order valence-corrected chi connectivity index (χ1v) is 8.94. The van der Waals surface area contributed by atoms with Gasteiger partial charge in [-0.2, -0.15) is 8.78 Å². The van der Waals surface area contributed by atoms with Crippen molar-refractivity contribution in [2.45, 2.75) is 6.61 Å². The summed E-state index contributed by atoms with van der Waals surface area (Å²) in [5.74, 6) is -1.41. The summed E-state index contributed by atoms with van der Waals surface area (Å²) in [7, 11) is 2.92. The van der Waals surface area contributed by atoms with Gasteiger partial charge in [0.15, 0.2) is 5.75 Å². The van der Waals surface area contributed by atoms with E-state index in [9.17, 15) is 18.4 Å². The maximum Gasteiger partial charge on any atom is 0.387 e. The number of nitrogens with one attached hydrogen (secondary N) is 2. The molecular formula is C18H15ClF2N6O4. The van der Waals surface area contributed by atoms with Crippen LogP contribution in [-0.2, 0) is 7.05 Å². The minimum absolute atomic E-state index is 0.0240. The van der Waals surface area contributed by atoms with E-state index in [2.05, 4.69) is 30.9 Å². The molecule has 0 radical (unpaired) electrons. The molecule has 2 amide bonds. The van der Waals surface area contributed by atoms with Gasteiger partial charge in [0.1, 0.15) is 11.4 Å². The van der Waals surface area contributed by atoms with Gasteiger partial charge in [0.2, 0.25) is 5.95 Å². The fraction of sp³-hybridized carbons (Fsp3) is 0.167. The summed E-state index contributed by atoms with van der Waals surface area (Å²) in [5.41, 5.74) is -0.274. The SMILES string of the molecule is COc1cccc(C(=O)Nc2c(OC(F)F)ccc(C(=O)Nc3nnnn3C)c2Cl)c1. The zero-order valence-electron chi connectivity index (χ0n) is 16.1. The van der Waals surface area contributed by atoms with E-state index >= 15 is 0 Å². The average molecular weight is 453 g/mol. The number of methoxy groups -OCH3 is 1. The van der Waals surface area contributed by atoms with Crippen molar-refractivity contribution in [1.82, 2.24) is 20.2 Å². The maximum atomic E-state index is 12.8. The van der Waals surface area contributed by atoms with E-state index in [0.29, 0.717) is 5.75 Å². The summed E-state index contributed by atoms with van der Waals surface area (Å²) in [5, 5.41) is 15.1. The highest BCUT2D eigenvalue weighted by molar-refractivity contribution is 6.38. The Hall–Kier alpha value is -3.80. The number of rotatable bonds is 7. The third-order valence-corrected chi connectivity index (χ3v) is 4.37. The zero-order valence-corrected chi connectivity index (χ0v) is 16.9. The Balaban J connectivity index is 1.95. The molecule has 0 spiro atoms. The average Bonchev–Trinajstić information content (AvgIpc) is 3.14. The van der Waals surface area contributed by atoms with E-state index in [0.717, 1.165) is 6.07 Å². The van der Waals surface area contributed by atoms with Crippen molar-refractivity contribution in [1.29, 1.82) is 0 Å². The van der Waals surface area contributed by atoms with Crippen LogP contribution in [0.2, 0.25) is 5.02 Å². The van der Waals surface area contributed by atoms with Crippen LogP contribution in [0.5, 0.6) is 11.5 Å². The van der Waals surface area contributed by atoms with Gasteiger partial charge < -0.3 is 14.8 Å². The van der Waals surface area contributed by atoms with Gasteiger partial charge in [0, 0.05) is 12.6 Å². The molecule has 0 unspecified atom stereocenters. The lowest BCUT2D eigenvalue weighted by Crippen LogP contribution is -2.18. The minimum atomic E-state index is -3.19. The van der Waals surface area contributed by atoms with E-state index in [-0.39, 0.29) is 27.8 Å². The van der Waals surface area contributed by atoms with E-state index in [1.807, 2.05) is 0 Å². The number of amides is 2. The van der Waals surface area contributed by atoms with Gasteiger partial charge in [-0.15, -0.1) is 0 Å². The molecule has 31 heavy (non-hydrogen) atoms. The molecule has 0 aliphatic heterocycles. The fourth-order valence-electron chi connectivity index (χ4n) is 2.50. The van der Waals surface area contributed by atoms with Crippen LogP contribution in [0.1, 0.15) is 20.7 Å². The zero-order chi connectivity index (χ0) is 22.5. The number of aromatic nitrogens is 4. The number of alkyl halides is 2. The van der Waals surface area contributed by atoms with Crippen molar-refractivity contribution in [2.75, 3.05) is 17.7 Å². The second-order valence-electron chi connectivity index (χ2n) is 5.95. The largest absolute Gasteiger partial charge is 0.497 e. The summed E-state index contributed by atoms with van der Waals surface area (Å²) in [6, 6.07) is 8.38. The van der Waals surface area contributed by atoms with Crippen molar-refractivity contribution in [3.05, 3.63) is 52.5 Å². The van der Waals surface area contributed by atoms with Crippen LogP contribution < -0.4 is 20.1 Å². The van der Waals surface area contributed by atoms with Crippen LogP contribution in [0, 0.1) is 0 Å². The number of ether oxygens (including phenoxy) is 2. The van der Waals surface area contributed by atoms with Crippen LogP contribution >= 0.6 is 11.6 Å². The molecule has 3 aromatic rings.